The van der Waals surface area contributed by atoms with Crippen molar-refractivity contribution in [3.8, 4) is 0 Å². The first-order valence-corrected chi connectivity index (χ1v) is 11.4. The van der Waals surface area contributed by atoms with Gasteiger partial charge in [0, 0.05) is 30.5 Å². The molecule has 0 spiro atoms. The summed E-state index contributed by atoms with van der Waals surface area (Å²) in [6.07, 6.45) is 6.08. The normalized spacial score (nSPS) is 22.0. The largest absolute Gasteiger partial charge is 0.467 e. The van der Waals surface area contributed by atoms with E-state index in [1.165, 1.54) is 19.5 Å². The molecule has 4 rings (SSSR count). The smallest absolute Gasteiger partial charge is 0.328 e. The van der Waals surface area contributed by atoms with Crippen molar-refractivity contribution in [3.63, 3.8) is 0 Å². The summed E-state index contributed by atoms with van der Waals surface area (Å²) in [5.74, 6) is -0.824. The first-order valence-electron chi connectivity index (χ1n) is 10.7. The first-order chi connectivity index (χ1) is 15.9. The van der Waals surface area contributed by atoms with Gasteiger partial charge in [0.1, 0.15) is 6.04 Å². The van der Waals surface area contributed by atoms with Crippen molar-refractivity contribution in [2.45, 2.75) is 43.8 Å². The maximum Gasteiger partial charge on any atom is 0.328 e. The number of benzene rings is 1. The molecule has 1 saturated heterocycles. The Bertz CT molecular complexity index is 1040. The van der Waals surface area contributed by atoms with Gasteiger partial charge < -0.3 is 20.7 Å². The molecule has 1 aliphatic heterocycles. The summed E-state index contributed by atoms with van der Waals surface area (Å²) < 4.78 is 4.90. The van der Waals surface area contributed by atoms with Crippen LogP contribution >= 0.6 is 23.2 Å². The number of nitrogens with one attached hydrogen (secondary N) is 3. The summed E-state index contributed by atoms with van der Waals surface area (Å²) >= 11 is 12.1. The number of fused-ring (bicyclic) bond motifs is 2. The van der Waals surface area contributed by atoms with Crippen LogP contribution in [0.15, 0.2) is 36.7 Å². The van der Waals surface area contributed by atoms with Crippen LogP contribution in [0.2, 0.25) is 10.0 Å². The molecule has 1 saturated carbocycles. The number of amides is 2. The van der Waals surface area contributed by atoms with Gasteiger partial charge in [-0.3, -0.25) is 14.6 Å². The van der Waals surface area contributed by atoms with Gasteiger partial charge in [-0.2, -0.15) is 0 Å². The minimum Gasteiger partial charge on any atom is -0.467 e. The summed E-state index contributed by atoms with van der Waals surface area (Å²) in [7, 11) is 1.30. The van der Waals surface area contributed by atoms with Gasteiger partial charge in [0.2, 0.25) is 5.91 Å². The van der Waals surface area contributed by atoms with E-state index in [1.54, 1.807) is 24.3 Å². The number of hydrogen-bond donors (Lipinski definition) is 3. The quantitative estimate of drug-likeness (QED) is 0.514. The van der Waals surface area contributed by atoms with E-state index in [4.69, 9.17) is 27.9 Å². The number of carbonyl (C=O) groups excluding carboxylic acids is 3. The highest BCUT2D eigenvalue weighted by atomic mass is 35.5. The number of anilines is 1. The lowest BCUT2D eigenvalue weighted by Gasteiger charge is -2.25. The van der Waals surface area contributed by atoms with Crippen LogP contribution in [-0.2, 0) is 20.7 Å². The van der Waals surface area contributed by atoms with E-state index in [0.29, 0.717) is 17.6 Å². The Morgan fingerprint density at radius 1 is 1.15 bits per heavy atom. The molecule has 2 heterocycles. The highest BCUT2D eigenvalue weighted by Gasteiger charge is 2.43. The molecular formula is C23H24Cl2N4O4. The van der Waals surface area contributed by atoms with Crippen LogP contribution in [-0.4, -0.2) is 48.0 Å². The van der Waals surface area contributed by atoms with Crippen molar-refractivity contribution < 1.29 is 19.1 Å². The number of carbonyl (C=O) groups is 3. The summed E-state index contributed by atoms with van der Waals surface area (Å²) in [4.78, 5) is 41.4. The monoisotopic (exact) mass is 490 g/mol. The maximum absolute atomic E-state index is 12.8. The molecule has 2 amide bonds. The van der Waals surface area contributed by atoms with Gasteiger partial charge in [-0.05, 0) is 42.9 Å². The predicted molar refractivity (Wildman–Crippen MR) is 124 cm³/mol. The number of ether oxygens (including phenoxy) is 1. The van der Waals surface area contributed by atoms with Crippen LogP contribution in [0.3, 0.4) is 0 Å². The van der Waals surface area contributed by atoms with Crippen molar-refractivity contribution in [2.24, 2.45) is 5.92 Å². The zero-order chi connectivity index (χ0) is 23.5. The Hall–Kier alpha value is -2.68. The lowest BCUT2D eigenvalue weighted by Crippen LogP contribution is -2.53. The molecule has 1 aromatic carbocycles. The van der Waals surface area contributed by atoms with Crippen molar-refractivity contribution in [2.75, 3.05) is 12.4 Å². The van der Waals surface area contributed by atoms with E-state index < -0.39 is 17.9 Å². The molecule has 1 aliphatic carbocycles. The lowest BCUT2D eigenvalue weighted by atomic mass is 9.98. The third kappa shape index (κ3) is 5.29. The molecule has 4 atom stereocenters. The molecule has 2 aliphatic rings. The third-order valence-electron chi connectivity index (χ3n) is 6.18. The fourth-order valence-electron chi connectivity index (χ4n) is 4.53. The Labute approximate surface area is 201 Å². The molecule has 1 aromatic heterocycles. The van der Waals surface area contributed by atoms with Crippen LogP contribution in [0.5, 0.6) is 0 Å². The Morgan fingerprint density at radius 3 is 2.42 bits per heavy atom. The second-order valence-electron chi connectivity index (χ2n) is 8.33. The SMILES string of the molecule is COC(=O)[C@H](Cc1ccc(NC(=O)c2c(Cl)cncc2Cl)cc1)NC(=O)[C@H]1NC2CCC1C2. The number of pyridine rings is 1. The molecule has 3 N–H and O–H groups in total. The fraction of sp³-hybridized carbons (Fsp3) is 0.391. The second kappa shape index (κ2) is 10.1. The minimum absolute atomic E-state index is 0.139. The molecule has 10 heteroatoms. The van der Waals surface area contributed by atoms with Crippen molar-refractivity contribution >= 4 is 46.7 Å². The molecular weight excluding hydrogens is 467 g/mol. The van der Waals surface area contributed by atoms with E-state index >= 15 is 0 Å². The standard InChI is InChI=1S/C23H24Cl2N4O4/c1-33-23(32)18(29-22(31)20-13-4-7-15(9-13)27-20)8-12-2-5-14(6-3-12)28-21(30)19-16(24)10-26-11-17(19)25/h2-3,5-6,10-11,13,15,18,20,27H,4,7-9H2,1H3,(H,28,30)(H,29,31)/t13?,15?,18-,20-/m0/s1. The minimum atomic E-state index is -0.807. The molecule has 33 heavy (non-hydrogen) atoms. The number of rotatable bonds is 7. The molecule has 8 nitrogen and oxygen atoms in total. The van der Waals surface area contributed by atoms with E-state index in [1.807, 2.05) is 0 Å². The molecule has 2 bridgehead atoms. The van der Waals surface area contributed by atoms with Crippen LogP contribution < -0.4 is 16.0 Å². The summed E-state index contributed by atoms with van der Waals surface area (Å²) in [6, 6.07) is 6.25. The average Bonchev–Trinajstić information content (AvgIpc) is 3.43. The van der Waals surface area contributed by atoms with Gasteiger partial charge in [0.25, 0.3) is 5.91 Å². The summed E-state index contributed by atoms with van der Waals surface area (Å²) in [5.41, 5.74) is 1.46. The number of halogens is 2. The van der Waals surface area contributed by atoms with Crippen LogP contribution in [0.1, 0.15) is 35.2 Å². The zero-order valence-corrected chi connectivity index (χ0v) is 19.4. The fourth-order valence-corrected chi connectivity index (χ4v) is 5.07. The van der Waals surface area contributed by atoms with Crippen molar-refractivity contribution in [3.05, 3.63) is 57.8 Å². The molecule has 2 unspecified atom stereocenters. The summed E-state index contributed by atoms with van der Waals surface area (Å²) in [6.45, 7) is 0. The zero-order valence-electron chi connectivity index (χ0n) is 17.9. The Balaban J connectivity index is 1.39. The van der Waals surface area contributed by atoms with Crippen LogP contribution in [0.4, 0.5) is 5.69 Å². The predicted octanol–water partition coefficient (Wildman–Crippen LogP) is 2.98. The van der Waals surface area contributed by atoms with E-state index in [9.17, 15) is 14.4 Å². The summed E-state index contributed by atoms with van der Waals surface area (Å²) in [5, 5.41) is 9.22. The maximum atomic E-state index is 12.8. The number of nitrogens with zero attached hydrogens (tertiary/aromatic N) is 1. The molecule has 2 aromatic rings. The van der Waals surface area contributed by atoms with Gasteiger partial charge in [-0.1, -0.05) is 35.3 Å². The highest BCUT2D eigenvalue weighted by molar-refractivity contribution is 6.40. The number of piperidine rings is 1. The van der Waals surface area contributed by atoms with Gasteiger partial charge in [0.15, 0.2) is 0 Å². The van der Waals surface area contributed by atoms with Crippen LogP contribution in [0, 0.1) is 5.92 Å². The van der Waals surface area contributed by atoms with Crippen molar-refractivity contribution in [1.82, 2.24) is 15.6 Å². The van der Waals surface area contributed by atoms with Gasteiger partial charge in [0.05, 0.1) is 28.8 Å². The topological polar surface area (TPSA) is 109 Å². The lowest BCUT2D eigenvalue weighted by molar-refractivity contribution is -0.145. The number of hydrogen-bond acceptors (Lipinski definition) is 6. The van der Waals surface area contributed by atoms with E-state index in [0.717, 1.165) is 24.8 Å². The third-order valence-corrected chi connectivity index (χ3v) is 6.75. The first kappa shape index (κ1) is 23.5. The second-order valence-corrected chi connectivity index (χ2v) is 9.15. The number of methoxy groups -OCH3 is 1. The Kier molecular flexibility index (Phi) is 7.17. The van der Waals surface area contributed by atoms with Crippen LogP contribution in [0.25, 0.3) is 0 Å². The molecule has 2 fully saturated rings. The van der Waals surface area contributed by atoms with Crippen molar-refractivity contribution in [1.29, 1.82) is 0 Å². The molecule has 174 valence electrons. The number of aromatic nitrogens is 1. The average molecular weight is 491 g/mol. The molecule has 0 radical (unpaired) electrons. The van der Waals surface area contributed by atoms with E-state index in [-0.39, 0.29) is 34.0 Å². The number of esters is 1. The van der Waals surface area contributed by atoms with Gasteiger partial charge in [-0.15, -0.1) is 0 Å². The van der Waals surface area contributed by atoms with Gasteiger partial charge in [-0.25, -0.2) is 4.79 Å². The van der Waals surface area contributed by atoms with E-state index in [2.05, 4.69) is 20.9 Å². The van der Waals surface area contributed by atoms with Gasteiger partial charge >= 0.3 is 5.97 Å². The highest BCUT2D eigenvalue weighted by Crippen LogP contribution is 2.35. The Morgan fingerprint density at radius 2 is 1.85 bits per heavy atom.